The van der Waals surface area contributed by atoms with Crippen molar-refractivity contribution in [3.8, 4) is 0 Å². The van der Waals surface area contributed by atoms with E-state index in [-0.39, 0.29) is 17.2 Å². The summed E-state index contributed by atoms with van der Waals surface area (Å²) in [7, 11) is -3.14. The molecule has 0 amide bonds. The van der Waals surface area contributed by atoms with Gasteiger partial charge in [-0.15, -0.1) is 0 Å². The van der Waals surface area contributed by atoms with Crippen molar-refractivity contribution in [3.63, 3.8) is 0 Å². The lowest BCUT2D eigenvalue weighted by atomic mass is 10.0. The molecule has 0 aliphatic carbocycles. The predicted molar refractivity (Wildman–Crippen MR) is 42.1 cm³/mol. The van der Waals surface area contributed by atoms with E-state index in [0.717, 1.165) is 0 Å². The summed E-state index contributed by atoms with van der Waals surface area (Å²) >= 11 is 0. The number of sulfone groups is 1. The molecule has 13 heavy (non-hydrogen) atoms. The highest BCUT2D eigenvalue weighted by Gasteiger charge is 2.48. The number of fused-ring (bicyclic) bond motifs is 1. The van der Waals surface area contributed by atoms with Crippen LogP contribution in [0.5, 0.6) is 0 Å². The molecule has 1 fully saturated rings. The van der Waals surface area contributed by atoms with Crippen LogP contribution in [-0.4, -0.2) is 42.8 Å². The van der Waals surface area contributed by atoms with Crippen molar-refractivity contribution in [1.82, 2.24) is 0 Å². The number of aliphatic carboxylic acids is 1. The van der Waals surface area contributed by atoms with Crippen molar-refractivity contribution >= 4 is 21.5 Å². The zero-order chi connectivity index (χ0) is 9.64. The van der Waals surface area contributed by atoms with Crippen molar-refractivity contribution in [2.45, 2.75) is 6.10 Å². The Morgan fingerprint density at radius 3 is 2.85 bits per heavy atom. The molecule has 6 nitrogen and oxygen atoms in total. The topological polar surface area (TPSA) is 93.0 Å². The molecule has 7 heteroatoms. The second-order valence-corrected chi connectivity index (χ2v) is 5.26. The zero-order valence-electron chi connectivity index (χ0n) is 6.50. The van der Waals surface area contributed by atoms with Crippen LogP contribution in [0.15, 0.2) is 5.16 Å². The Labute approximate surface area is 74.1 Å². The second kappa shape index (κ2) is 2.44. The summed E-state index contributed by atoms with van der Waals surface area (Å²) < 4.78 is 22.2. The molecule has 0 spiro atoms. The van der Waals surface area contributed by atoms with Crippen LogP contribution in [0.3, 0.4) is 0 Å². The Kier molecular flexibility index (Phi) is 1.59. The third kappa shape index (κ3) is 1.28. The van der Waals surface area contributed by atoms with Crippen LogP contribution >= 0.6 is 0 Å². The van der Waals surface area contributed by atoms with E-state index in [1.54, 1.807) is 0 Å². The molecular formula is C6H7NO5S. The molecule has 0 aromatic heterocycles. The molecular weight excluding hydrogens is 198 g/mol. The van der Waals surface area contributed by atoms with Gasteiger partial charge in [-0.2, -0.15) is 0 Å². The molecule has 2 rings (SSSR count). The number of carboxylic acid groups (broad SMARTS) is 1. The van der Waals surface area contributed by atoms with Crippen molar-refractivity contribution in [2.75, 3.05) is 11.5 Å². The highest BCUT2D eigenvalue weighted by atomic mass is 32.2. The molecule has 0 saturated carbocycles. The van der Waals surface area contributed by atoms with Crippen LogP contribution in [0.2, 0.25) is 0 Å². The largest absolute Gasteiger partial charge is 0.477 e. The van der Waals surface area contributed by atoms with E-state index in [1.165, 1.54) is 0 Å². The number of hydrogen-bond acceptors (Lipinski definition) is 5. The van der Waals surface area contributed by atoms with E-state index < -0.39 is 27.8 Å². The van der Waals surface area contributed by atoms with Gasteiger partial charge in [0.05, 0.1) is 17.4 Å². The van der Waals surface area contributed by atoms with Crippen LogP contribution in [0.4, 0.5) is 0 Å². The summed E-state index contributed by atoms with van der Waals surface area (Å²) in [5, 5.41) is 12.0. The van der Waals surface area contributed by atoms with Gasteiger partial charge in [-0.25, -0.2) is 13.2 Å². The lowest BCUT2D eigenvalue weighted by molar-refractivity contribution is -0.129. The van der Waals surface area contributed by atoms with Gasteiger partial charge in [-0.3, -0.25) is 0 Å². The summed E-state index contributed by atoms with van der Waals surface area (Å²) in [6.45, 7) is 0. The van der Waals surface area contributed by atoms with Gasteiger partial charge >= 0.3 is 5.97 Å². The van der Waals surface area contributed by atoms with Gasteiger partial charge in [0.2, 0.25) is 0 Å². The van der Waals surface area contributed by atoms with Crippen LogP contribution in [0.1, 0.15) is 0 Å². The fourth-order valence-corrected chi connectivity index (χ4v) is 3.41. The Hall–Kier alpha value is -1.11. The molecule has 0 bridgehead atoms. The first kappa shape index (κ1) is 8.49. The minimum atomic E-state index is -3.14. The minimum Gasteiger partial charge on any atom is -0.477 e. The Balaban J connectivity index is 2.28. The first-order chi connectivity index (χ1) is 5.99. The van der Waals surface area contributed by atoms with E-state index in [2.05, 4.69) is 5.16 Å². The van der Waals surface area contributed by atoms with Gasteiger partial charge in [0.15, 0.2) is 21.7 Å². The van der Waals surface area contributed by atoms with Gasteiger partial charge < -0.3 is 9.94 Å². The maximum Gasteiger partial charge on any atom is 0.354 e. The monoisotopic (exact) mass is 205 g/mol. The van der Waals surface area contributed by atoms with Gasteiger partial charge in [0, 0.05) is 0 Å². The Morgan fingerprint density at radius 1 is 1.54 bits per heavy atom. The molecule has 2 unspecified atom stereocenters. The SMILES string of the molecule is O=C(O)C1=NOC2CS(=O)(=O)CC12. The number of rotatable bonds is 1. The van der Waals surface area contributed by atoms with Crippen LogP contribution < -0.4 is 0 Å². The summed E-state index contributed by atoms with van der Waals surface area (Å²) in [5.41, 5.74) is -0.175. The Morgan fingerprint density at radius 2 is 2.23 bits per heavy atom. The molecule has 2 heterocycles. The summed E-state index contributed by atoms with van der Waals surface area (Å²) in [6, 6.07) is 0. The number of carboxylic acids is 1. The number of nitrogens with zero attached hydrogens (tertiary/aromatic N) is 1. The fourth-order valence-electron chi connectivity index (χ4n) is 1.56. The van der Waals surface area contributed by atoms with Gasteiger partial charge in [-0.05, 0) is 0 Å². The van der Waals surface area contributed by atoms with Gasteiger partial charge in [0.1, 0.15) is 0 Å². The lowest BCUT2D eigenvalue weighted by Gasteiger charge is -2.02. The fraction of sp³-hybridized carbons (Fsp3) is 0.667. The molecule has 2 aliphatic rings. The minimum absolute atomic E-state index is 0.127. The second-order valence-electron chi connectivity index (χ2n) is 3.11. The van der Waals surface area contributed by atoms with Crippen molar-refractivity contribution in [2.24, 2.45) is 11.1 Å². The summed E-state index contributed by atoms with van der Waals surface area (Å²) in [4.78, 5) is 15.3. The molecule has 2 atom stereocenters. The average Bonchev–Trinajstić information content (AvgIpc) is 2.41. The van der Waals surface area contributed by atoms with Crippen molar-refractivity contribution in [1.29, 1.82) is 0 Å². The predicted octanol–water partition coefficient (Wildman–Crippen LogP) is -1.13. The molecule has 1 N–H and O–H groups in total. The summed E-state index contributed by atoms with van der Waals surface area (Å²) in [5.74, 6) is -2.08. The molecule has 0 aromatic carbocycles. The highest BCUT2D eigenvalue weighted by Crippen LogP contribution is 2.28. The van der Waals surface area contributed by atoms with E-state index in [4.69, 9.17) is 9.94 Å². The average molecular weight is 205 g/mol. The molecule has 1 saturated heterocycles. The van der Waals surface area contributed by atoms with Gasteiger partial charge in [0.25, 0.3) is 0 Å². The first-order valence-electron chi connectivity index (χ1n) is 3.67. The van der Waals surface area contributed by atoms with Crippen LogP contribution in [-0.2, 0) is 19.5 Å². The third-order valence-corrected chi connectivity index (χ3v) is 3.86. The van der Waals surface area contributed by atoms with Crippen LogP contribution in [0.25, 0.3) is 0 Å². The van der Waals surface area contributed by atoms with Crippen LogP contribution in [0, 0.1) is 5.92 Å². The number of carbonyl (C=O) groups is 1. The van der Waals surface area contributed by atoms with E-state index in [9.17, 15) is 13.2 Å². The quantitative estimate of drug-likeness (QED) is 0.584. The third-order valence-electron chi connectivity index (χ3n) is 2.16. The normalized spacial score (nSPS) is 34.9. The highest BCUT2D eigenvalue weighted by molar-refractivity contribution is 7.91. The van der Waals surface area contributed by atoms with Crippen molar-refractivity contribution < 1.29 is 23.2 Å². The van der Waals surface area contributed by atoms with E-state index in [0.29, 0.717) is 0 Å². The van der Waals surface area contributed by atoms with E-state index >= 15 is 0 Å². The maximum atomic E-state index is 11.1. The zero-order valence-corrected chi connectivity index (χ0v) is 7.32. The molecule has 0 aromatic rings. The smallest absolute Gasteiger partial charge is 0.354 e. The number of hydrogen-bond donors (Lipinski definition) is 1. The first-order valence-corrected chi connectivity index (χ1v) is 5.49. The maximum absolute atomic E-state index is 11.1. The molecule has 2 aliphatic heterocycles. The Bertz CT molecular complexity index is 384. The molecule has 72 valence electrons. The lowest BCUT2D eigenvalue weighted by Crippen LogP contribution is -2.26. The van der Waals surface area contributed by atoms with E-state index in [1.807, 2.05) is 0 Å². The van der Waals surface area contributed by atoms with Gasteiger partial charge in [-0.1, -0.05) is 5.16 Å². The molecule has 0 radical (unpaired) electrons. The number of oxime groups is 1. The van der Waals surface area contributed by atoms with Crippen molar-refractivity contribution in [3.05, 3.63) is 0 Å². The summed E-state index contributed by atoms with van der Waals surface area (Å²) in [6.07, 6.45) is -0.587. The standard InChI is InChI=1S/C6H7NO5S/c8-6(9)5-3-1-13(10,11)2-4(3)12-7-5/h3-4H,1-2H2,(H,8,9).